The van der Waals surface area contributed by atoms with E-state index in [0.717, 1.165) is 25.5 Å². The van der Waals surface area contributed by atoms with Crippen LogP contribution in [-0.4, -0.2) is 68.5 Å². The van der Waals surface area contributed by atoms with Crippen LogP contribution in [0.4, 0.5) is 0 Å². The Labute approximate surface area is 177 Å². The van der Waals surface area contributed by atoms with Gasteiger partial charge in [0.25, 0.3) is 5.91 Å². The fraction of sp³-hybridized carbons (Fsp3) is 0.600. The second kappa shape index (κ2) is 9.45. The molecule has 2 aliphatic heterocycles. The summed E-state index contributed by atoms with van der Waals surface area (Å²) in [5.74, 6) is -0.0764. The lowest BCUT2D eigenvalue weighted by atomic mass is 9.92. The number of halogens is 1. The van der Waals surface area contributed by atoms with Gasteiger partial charge in [-0.2, -0.15) is 0 Å². The number of carbonyl (C=O) groups excluding carboxylic acids is 2. The highest BCUT2D eigenvalue weighted by Gasteiger charge is 2.34. The molecule has 1 aromatic rings. The van der Waals surface area contributed by atoms with Crippen molar-refractivity contribution in [3.63, 3.8) is 0 Å². The molecule has 29 heavy (non-hydrogen) atoms. The number of rotatable bonds is 5. The van der Waals surface area contributed by atoms with E-state index in [1.54, 1.807) is 29.2 Å². The van der Waals surface area contributed by atoms with E-state index in [1.165, 1.54) is 0 Å². The maximum Gasteiger partial charge on any atom is 0.253 e. The minimum atomic E-state index is -3.28. The van der Waals surface area contributed by atoms with Gasteiger partial charge in [0, 0.05) is 48.7 Å². The first-order valence-corrected chi connectivity index (χ1v) is 12.3. The monoisotopic (exact) mass is 441 g/mol. The SMILES string of the molecule is CS(=O)(=O)NCC1CCCCN1C(=O)C1CCN(C(=O)c2ccc(Cl)cc2)CC1. The van der Waals surface area contributed by atoms with Gasteiger partial charge >= 0.3 is 0 Å². The molecule has 2 heterocycles. The lowest BCUT2D eigenvalue weighted by Gasteiger charge is -2.40. The highest BCUT2D eigenvalue weighted by molar-refractivity contribution is 7.88. The van der Waals surface area contributed by atoms with Crippen LogP contribution in [0.3, 0.4) is 0 Å². The fourth-order valence-electron chi connectivity index (χ4n) is 4.09. The fourth-order valence-corrected chi connectivity index (χ4v) is 4.71. The van der Waals surface area contributed by atoms with Gasteiger partial charge in [-0.25, -0.2) is 13.1 Å². The van der Waals surface area contributed by atoms with Crippen molar-refractivity contribution in [3.05, 3.63) is 34.9 Å². The maximum absolute atomic E-state index is 13.1. The number of benzene rings is 1. The van der Waals surface area contributed by atoms with E-state index < -0.39 is 10.0 Å². The number of nitrogens with one attached hydrogen (secondary N) is 1. The second-order valence-corrected chi connectivity index (χ2v) is 10.1. The molecule has 0 radical (unpaired) electrons. The summed E-state index contributed by atoms with van der Waals surface area (Å²) in [5, 5.41) is 0.590. The summed E-state index contributed by atoms with van der Waals surface area (Å²) in [6, 6.07) is 6.74. The first kappa shape index (κ1) is 22.1. The number of piperidine rings is 2. The van der Waals surface area contributed by atoms with Gasteiger partial charge in [0.15, 0.2) is 0 Å². The zero-order valence-corrected chi connectivity index (χ0v) is 18.2. The van der Waals surface area contributed by atoms with E-state index in [4.69, 9.17) is 11.6 Å². The van der Waals surface area contributed by atoms with Gasteiger partial charge in [0.05, 0.1) is 6.26 Å². The van der Waals surface area contributed by atoms with E-state index in [9.17, 15) is 18.0 Å². The molecule has 1 unspecified atom stereocenters. The predicted molar refractivity (Wildman–Crippen MR) is 112 cm³/mol. The molecule has 3 rings (SSSR count). The Morgan fingerprint density at radius 1 is 1.07 bits per heavy atom. The van der Waals surface area contributed by atoms with Crippen molar-refractivity contribution in [1.82, 2.24) is 14.5 Å². The number of hydrogen-bond donors (Lipinski definition) is 1. The van der Waals surface area contributed by atoms with Crippen LogP contribution in [0.15, 0.2) is 24.3 Å². The third kappa shape index (κ3) is 5.93. The minimum Gasteiger partial charge on any atom is -0.339 e. The predicted octanol–water partition coefficient (Wildman–Crippen LogP) is 2.12. The Morgan fingerprint density at radius 2 is 1.72 bits per heavy atom. The number of likely N-dealkylation sites (tertiary alicyclic amines) is 2. The quantitative estimate of drug-likeness (QED) is 0.758. The molecule has 0 saturated carbocycles. The largest absolute Gasteiger partial charge is 0.339 e. The Morgan fingerprint density at radius 3 is 2.34 bits per heavy atom. The third-order valence-electron chi connectivity index (χ3n) is 5.71. The minimum absolute atomic E-state index is 0.0410. The van der Waals surface area contributed by atoms with Crippen LogP contribution in [0.1, 0.15) is 42.5 Å². The molecule has 1 N–H and O–H groups in total. The van der Waals surface area contributed by atoms with Crippen molar-refractivity contribution in [2.75, 3.05) is 32.4 Å². The zero-order chi connectivity index (χ0) is 21.0. The molecule has 1 aromatic carbocycles. The molecule has 2 amide bonds. The van der Waals surface area contributed by atoms with Gasteiger partial charge in [0.2, 0.25) is 15.9 Å². The summed E-state index contributed by atoms with van der Waals surface area (Å²) in [6.45, 7) is 2.01. The topological polar surface area (TPSA) is 86.8 Å². The van der Waals surface area contributed by atoms with Gasteiger partial charge in [0.1, 0.15) is 0 Å². The van der Waals surface area contributed by atoms with Crippen molar-refractivity contribution < 1.29 is 18.0 Å². The highest BCUT2D eigenvalue weighted by atomic mass is 35.5. The molecule has 0 spiro atoms. The Kier molecular flexibility index (Phi) is 7.19. The van der Waals surface area contributed by atoms with E-state index in [-0.39, 0.29) is 30.3 Å². The molecule has 2 fully saturated rings. The number of hydrogen-bond acceptors (Lipinski definition) is 4. The molecule has 0 aromatic heterocycles. The zero-order valence-electron chi connectivity index (χ0n) is 16.6. The van der Waals surface area contributed by atoms with Crippen molar-refractivity contribution in [2.24, 2.45) is 5.92 Å². The molecule has 7 nitrogen and oxygen atoms in total. The summed E-state index contributed by atoms with van der Waals surface area (Å²) in [7, 11) is -3.28. The summed E-state index contributed by atoms with van der Waals surface area (Å²) >= 11 is 5.88. The lowest BCUT2D eigenvalue weighted by molar-refractivity contribution is -0.140. The lowest BCUT2D eigenvalue weighted by Crippen LogP contribution is -2.52. The maximum atomic E-state index is 13.1. The van der Waals surface area contributed by atoms with Crippen molar-refractivity contribution in [2.45, 2.75) is 38.1 Å². The molecule has 0 bridgehead atoms. The summed E-state index contributed by atoms with van der Waals surface area (Å²) in [6.07, 6.45) is 5.13. The summed E-state index contributed by atoms with van der Waals surface area (Å²) < 4.78 is 25.4. The number of sulfonamides is 1. The third-order valence-corrected chi connectivity index (χ3v) is 6.66. The number of carbonyl (C=O) groups is 2. The Balaban J connectivity index is 1.57. The van der Waals surface area contributed by atoms with Gasteiger partial charge in [-0.3, -0.25) is 9.59 Å². The normalized spacial score (nSPS) is 21.2. The van der Waals surface area contributed by atoms with Gasteiger partial charge in [-0.1, -0.05) is 11.6 Å². The van der Waals surface area contributed by atoms with Crippen LogP contribution in [0.25, 0.3) is 0 Å². The molecule has 2 saturated heterocycles. The van der Waals surface area contributed by atoms with Crippen LogP contribution in [0.2, 0.25) is 5.02 Å². The number of amides is 2. The van der Waals surface area contributed by atoms with Crippen LogP contribution in [0, 0.1) is 5.92 Å². The van der Waals surface area contributed by atoms with Crippen LogP contribution < -0.4 is 4.72 Å². The Bertz CT molecular complexity index is 836. The second-order valence-electron chi connectivity index (χ2n) is 7.88. The standard InChI is InChI=1S/C20H28ClN3O4S/c1-29(27,28)22-14-18-4-2-3-11-24(18)20(26)16-9-12-23(13-10-16)19(25)15-5-7-17(21)8-6-15/h5-8,16,18,22H,2-4,9-14H2,1H3. The Hall–Kier alpha value is -1.64. The molecule has 1 atom stereocenters. The van der Waals surface area contributed by atoms with Crippen LogP contribution in [0.5, 0.6) is 0 Å². The first-order chi connectivity index (χ1) is 13.7. The van der Waals surface area contributed by atoms with Crippen molar-refractivity contribution >= 4 is 33.4 Å². The molecular formula is C20H28ClN3O4S. The van der Waals surface area contributed by atoms with E-state index in [1.807, 2.05) is 4.90 Å². The van der Waals surface area contributed by atoms with E-state index >= 15 is 0 Å². The van der Waals surface area contributed by atoms with Crippen molar-refractivity contribution in [3.8, 4) is 0 Å². The molecule has 2 aliphatic rings. The molecule has 0 aliphatic carbocycles. The first-order valence-electron chi connectivity index (χ1n) is 10.0. The molecular weight excluding hydrogens is 414 g/mol. The van der Waals surface area contributed by atoms with Crippen LogP contribution >= 0.6 is 11.6 Å². The van der Waals surface area contributed by atoms with E-state index in [0.29, 0.717) is 43.1 Å². The van der Waals surface area contributed by atoms with Crippen molar-refractivity contribution in [1.29, 1.82) is 0 Å². The van der Waals surface area contributed by atoms with Crippen LogP contribution in [-0.2, 0) is 14.8 Å². The highest BCUT2D eigenvalue weighted by Crippen LogP contribution is 2.25. The average Bonchev–Trinajstić information content (AvgIpc) is 2.71. The smallest absolute Gasteiger partial charge is 0.253 e. The molecule has 9 heteroatoms. The average molecular weight is 442 g/mol. The van der Waals surface area contributed by atoms with Gasteiger partial charge in [-0.15, -0.1) is 0 Å². The molecule has 160 valence electrons. The van der Waals surface area contributed by atoms with Gasteiger partial charge in [-0.05, 0) is 56.4 Å². The summed E-state index contributed by atoms with van der Waals surface area (Å²) in [5.41, 5.74) is 0.599. The number of nitrogens with zero attached hydrogens (tertiary/aromatic N) is 2. The van der Waals surface area contributed by atoms with Gasteiger partial charge < -0.3 is 9.80 Å². The van der Waals surface area contributed by atoms with E-state index in [2.05, 4.69) is 4.72 Å². The summed E-state index contributed by atoms with van der Waals surface area (Å²) in [4.78, 5) is 29.4.